The Bertz CT molecular complexity index is 593. The van der Waals surface area contributed by atoms with Crippen LogP contribution in [0, 0.1) is 0 Å². The summed E-state index contributed by atoms with van der Waals surface area (Å²) in [6.45, 7) is 0. The largest absolute Gasteiger partial charge is 0.272 e. The summed E-state index contributed by atoms with van der Waals surface area (Å²) in [4.78, 5) is 22.9. The van der Waals surface area contributed by atoms with Crippen LogP contribution in [0.2, 0.25) is 0 Å². The van der Waals surface area contributed by atoms with Crippen LogP contribution in [0.15, 0.2) is 42.5 Å². The lowest BCUT2D eigenvalue weighted by Gasteiger charge is -2.08. The molecular weight excluding hydrogens is 252 g/mol. The van der Waals surface area contributed by atoms with Gasteiger partial charge in [-0.25, -0.2) is 0 Å². The zero-order valence-electron chi connectivity index (χ0n) is 9.44. The van der Waals surface area contributed by atoms with Crippen molar-refractivity contribution < 1.29 is 9.59 Å². The molecule has 0 aliphatic carbocycles. The summed E-state index contributed by atoms with van der Waals surface area (Å²) in [6, 6.07) is 12.9. The van der Waals surface area contributed by atoms with Crippen LogP contribution in [-0.4, -0.2) is 17.7 Å². The van der Waals surface area contributed by atoms with Crippen LogP contribution >= 0.6 is 11.6 Å². The van der Waals surface area contributed by atoms with E-state index in [1.54, 1.807) is 12.1 Å². The number of hydrogen-bond donors (Lipinski definition) is 2. The number of amides is 2. The second-order valence-electron chi connectivity index (χ2n) is 3.66. The van der Waals surface area contributed by atoms with Gasteiger partial charge in [0.05, 0.1) is 0 Å². The molecule has 0 aliphatic rings. The maximum atomic E-state index is 11.9. The van der Waals surface area contributed by atoms with Crippen molar-refractivity contribution in [1.29, 1.82) is 0 Å². The Labute approximate surface area is 109 Å². The number of carbonyl (C=O) groups is 2. The molecule has 0 saturated heterocycles. The molecule has 0 bridgehead atoms. The topological polar surface area (TPSA) is 58.2 Å². The van der Waals surface area contributed by atoms with Crippen LogP contribution in [0.1, 0.15) is 10.4 Å². The van der Waals surface area contributed by atoms with Crippen molar-refractivity contribution in [1.82, 2.24) is 10.9 Å². The van der Waals surface area contributed by atoms with Gasteiger partial charge < -0.3 is 0 Å². The van der Waals surface area contributed by atoms with E-state index in [0.717, 1.165) is 10.8 Å². The molecule has 0 aromatic heterocycles. The number of fused-ring (bicyclic) bond motifs is 1. The molecule has 5 heteroatoms. The van der Waals surface area contributed by atoms with Crippen molar-refractivity contribution in [2.75, 3.05) is 5.88 Å². The Hall–Kier alpha value is -2.07. The lowest BCUT2D eigenvalue weighted by atomic mass is 10.0. The first-order chi connectivity index (χ1) is 8.72. The molecule has 2 N–H and O–H groups in total. The Morgan fingerprint density at radius 1 is 1.00 bits per heavy atom. The number of alkyl halides is 1. The summed E-state index contributed by atoms with van der Waals surface area (Å²) >= 11 is 5.31. The Morgan fingerprint density at radius 3 is 2.50 bits per heavy atom. The van der Waals surface area contributed by atoms with Crippen LogP contribution < -0.4 is 10.9 Å². The molecule has 0 radical (unpaired) electrons. The zero-order chi connectivity index (χ0) is 13.0. The standard InChI is InChI=1S/C13H11ClN2O2/c14-8-12(17)15-16-13(18)11-7-3-5-9-4-1-2-6-10(9)11/h1-7H,8H2,(H,15,17)(H,16,18). The van der Waals surface area contributed by atoms with Gasteiger partial charge in [-0.2, -0.15) is 0 Å². The summed E-state index contributed by atoms with van der Waals surface area (Å²) in [5.41, 5.74) is 5.05. The highest BCUT2D eigenvalue weighted by Crippen LogP contribution is 2.17. The first kappa shape index (κ1) is 12.4. The fourth-order valence-corrected chi connectivity index (χ4v) is 1.72. The molecule has 2 amide bonds. The van der Waals surface area contributed by atoms with Crippen molar-refractivity contribution in [3.63, 3.8) is 0 Å². The van der Waals surface area contributed by atoms with E-state index in [1.807, 2.05) is 30.3 Å². The van der Waals surface area contributed by atoms with Crippen LogP contribution in [0.3, 0.4) is 0 Å². The van der Waals surface area contributed by atoms with Crippen molar-refractivity contribution in [2.45, 2.75) is 0 Å². The number of carbonyl (C=O) groups excluding carboxylic acids is 2. The number of benzene rings is 2. The molecule has 0 atom stereocenters. The lowest BCUT2D eigenvalue weighted by molar-refractivity contribution is -0.119. The maximum Gasteiger partial charge on any atom is 0.270 e. The van der Waals surface area contributed by atoms with Gasteiger partial charge in [0.25, 0.3) is 11.8 Å². The van der Waals surface area contributed by atoms with Gasteiger partial charge in [0, 0.05) is 5.56 Å². The predicted octanol–water partition coefficient (Wildman–Crippen LogP) is 1.84. The van der Waals surface area contributed by atoms with Gasteiger partial charge in [0.1, 0.15) is 5.88 Å². The second-order valence-corrected chi connectivity index (χ2v) is 3.93. The minimum absolute atomic E-state index is 0.199. The molecule has 0 spiro atoms. The van der Waals surface area contributed by atoms with Crippen LogP contribution in [-0.2, 0) is 4.79 Å². The normalized spacial score (nSPS) is 10.1. The highest BCUT2D eigenvalue weighted by Gasteiger charge is 2.09. The lowest BCUT2D eigenvalue weighted by Crippen LogP contribution is -2.42. The van der Waals surface area contributed by atoms with Crippen molar-refractivity contribution >= 4 is 34.2 Å². The Kier molecular flexibility index (Phi) is 3.79. The number of hydrazine groups is 1. The van der Waals surface area contributed by atoms with Crippen LogP contribution in [0.25, 0.3) is 10.8 Å². The maximum absolute atomic E-state index is 11.9. The molecule has 2 aromatic rings. The minimum Gasteiger partial charge on any atom is -0.272 e. The Morgan fingerprint density at radius 2 is 1.72 bits per heavy atom. The highest BCUT2D eigenvalue weighted by atomic mass is 35.5. The number of halogens is 1. The van der Waals surface area contributed by atoms with Gasteiger partial charge in [-0.15, -0.1) is 11.6 Å². The van der Waals surface area contributed by atoms with Crippen LogP contribution in [0.5, 0.6) is 0 Å². The summed E-state index contributed by atoms with van der Waals surface area (Å²) in [7, 11) is 0. The monoisotopic (exact) mass is 262 g/mol. The van der Waals surface area contributed by atoms with Gasteiger partial charge in [0.2, 0.25) is 0 Å². The van der Waals surface area contributed by atoms with Crippen LogP contribution in [0.4, 0.5) is 0 Å². The third-order valence-corrected chi connectivity index (χ3v) is 2.71. The molecule has 0 heterocycles. The fourth-order valence-electron chi connectivity index (χ4n) is 1.65. The molecule has 18 heavy (non-hydrogen) atoms. The van der Waals surface area contributed by atoms with E-state index >= 15 is 0 Å². The van der Waals surface area contributed by atoms with E-state index < -0.39 is 5.91 Å². The average Bonchev–Trinajstić information content (AvgIpc) is 2.43. The first-order valence-corrected chi connectivity index (χ1v) is 5.88. The van der Waals surface area contributed by atoms with Gasteiger partial charge in [0.15, 0.2) is 0 Å². The van der Waals surface area contributed by atoms with E-state index in [1.165, 1.54) is 0 Å². The number of nitrogens with one attached hydrogen (secondary N) is 2. The third-order valence-electron chi connectivity index (χ3n) is 2.47. The number of hydrogen-bond acceptors (Lipinski definition) is 2. The Balaban J connectivity index is 2.25. The molecule has 0 saturated carbocycles. The summed E-state index contributed by atoms with van der Waals surface area (Å²) in [5.74, 6) is -1.02. The van der Waals surface area contributed by atoms with Gasteiger partial charge in [-0.1, -0.05) is 36.4 Å². The van der Waals surface area contributed by atoms with E-state index in [4.69, 9.17) is 11.6 Å². The zero-order valence-corrected chi connectivity index (χ0v) is 10.2. The van der Waals surface area contributed by atoms with Crippen molar-refractivity contribution in [3.8, 4) is 0 Å². The summed E-state index contributed by atoms with van der Waals surface area (Å²) in [6.07, 6.45) is 0. The van der Waals surface area contributed by atoms with E-state index in [0.29, 0.717) is 5.56 Å². The first-order valence-electron chi connectivity index (χ1n) is 5.35. The van der Waals surface area contributed by atoms with Gasteiger partial charge in [-0.05, 0) is 16.8 Å². The molecule has 0 aliphatic heterocycles. The average molecular weight is 263 g/mol. The molecule has 0 unspecified atom stereocenters. The fraction of sp³-hybridized carbons (Fsp3) is 0.0769. The predicted molar refractivity (Wildman–Crippen MR) is 70.3 cm³/mol. The smallest absolute Gasteiger partial charge is 0.270 e. The van der Waals surface area contributed by atoms with Gasteiger partial charge in [-0.3, -0.25) is 20.4 Å². The molecule has 92 valence electrons. The third kappa shape index (κ3) is 2.60. The molecule has 0 fully saturated rings. The molecule has 2 aromatic carbocycles. The van der Waals surface area contributed by atoms with E-state index in [9.17, 15) is 9.59 Å². The van der Waals surface area contributed by atoms with Crippen molar-refractivity contribution in [3.05, 3.63) is 48.0 Å². The SMILES string of the molecule is O=C(CCl)NNC(=O)c1cccc2ccccc12. The minimum atomic E-state index is -0.453. The van der Waals surface area contributed by atoms with Crippen molar-refractivity contribution in [2.24, 2.45) is 0 Å². The summed E-state index contributed by atoms with van der Waals surface area (Å²) < 4.78 is 0. The van der Waals surface area contributed by atoms with Gasteiger partial charge >= 0.3 is 0 Å². The summed E-state index contributed by atoms with van der Waals surface area (Å²) in [5, 5.41) is 1.80. The number of rotatable bonds is 2. The molecular formula is C13H11ClN2O2. The molecule has 4 nitrogen and oxygen atoms in total. The van der Waals surface area contributed by atoms with E-state index in [2.05, 4.69) is 10.9 Å². The molecule has 2 rings (SSSR count). The quantitative estimate of drug-likeness (QED) is 0.641. The highest BCUT2D eigenvalue weighted by molar-refractivity contribution is 6.27. The second kappa shape index (κ2) is 5.51. The van der Waals surface area contributed by atoms with E-state index in [-0.39, 0.29) is 11.8 Å².